The smallest absolute Gasteiger partial charge is 0.261 e. The molecule has 0 spiro atoms. The van der Waals surface area contributed by atoms with Gasteiger partial charge in [-0.25, -0.2) is 0 Å². The fourth-order valence-electron chi connectivity index (χ4n) is 3.47. The standard InChI is InChI=1S/C20H23NO2S/c1-3-5-7-13(4-2)12-21-19(22)15-9-6-8-14-17(24)11-10-16(18(14)15)20(21)23/h6,8-11,13,24H,3-5,7,12H2,1-2H3. The van der Waals surface area contributed by atoms with Crippen molar-refractivity contribution in [1.29, 1.82) is 0 Å². The molecule has 3 rings (SSSR count). The Balaban J connectivity index is 2.00. The highest BCUT2D eigenvalue weighted by molar-refractivity contribution is 7.80. The van der Waals surface area contributed by atoms with Crippen LogP contribution in [-0.2, 0) is 0 Å². The van der Waals surface area contributed by atoms with Crippen molar-refractivity contribution in [1.82, 2.24) is 4.90 Å². The molecule has 3 nitrogen and oxygen atoms in total. The minimum absolute atomic E-state index is 0.174. The average Bonchev–Trinajstić information content (AvgIpc) is 2.60. The molecule has 126 valence electrons. The van der Waals surface area contributed by atoms with Crippen LogP contribution in [0.2, 0.25) is 0 Å². The Bertz CT molecular complexity index is 777. The zero-order chi connectivity index (χ0) is 17.3. The first-order valence-corrected chi connectivity index (χ1v) is 9.14. The highest BCUT2D eigenvalue weighted by Gasteiger charge is 2.34. The molecule has 4 heteroatoms. The number of amides is 2. The number of thiol groups is 1. The maximum atomic E-state index is 12.9. The van der Waals surface area contributed by atoms with Gasteiger partial charge in [0, 0.05) is 28.0 Å². The SMILES string of the molecule is CCCCC(CC)CN1C(=O)c2cccc3c(S)ccc(c23)C1=O. The van der Waals surface area contributed by atoms with E-state index >= 15 is 0 Å². The molecule has 2 aromatic carbocycles. The van der Waals surface area contributed by atoms with Crippen molar-refractivity contribution in [3.63, 3.8) is 0 Å². The van der Waals surface area contributed by atoms with Gasteiger partial charge in [0.25, 0.3) is 11.8 Å². The van der Waals surface area contributed by atoms with Crippen molar-refractivity contribution in [3.8, 4) is 0 Å². The van der Waals surface area contributed by atoms with Gasteiger partial charge in [-0.15, -0.1) is 12.6 Å². The van der Waals surface area contributed by atoms with E-state index < -0.39 is 0 Å². The monoisotopic (exact) mass is 341 g/mol. The molecule has 1 unspecified atom stereocenters. The maximum absolute atomic E-state index is 12.9. The van der Waals surface area contributed by atoms with Gasteiger partial charge < -0.3 is 0 Å². The molecule has 0 radical (unpaired) electrons. The lowest BCUT2D eigenvalue weighted by Crippen LogP contribution is -2.43. The predicted molar refractivity (Wildman–Crippen MR) is 99.9 cm³/mol. The van der Waals surface area contributed by atoms with Gasteiger partial charge in [0.1, 0.15) is 0 Å². The Hall–Kier alpha value is -1.81. The van der Waals surface area contributed by atoms with E-state index in [2.05, 4.69) is 26.5 Å². The van der Waals surface area contributed by atoms with E-state index in [1.807, 2.05) is 24.3 Å². The van der Waals surface area contributed by atoms with E-state index in [1.54, 1.807) is 6.07 Å². The second kappa shape index (κ2) is 6.98. The van der Waals surface area contributed by atoms with Crippen LogP contribution in [0.25, 0.3) is 10.8 Å². The van der Waals surface area contributed by atoms with Crippen LogP contribution in [0.15, 0.2) is 35.2 Å². The molecule has 0 saturated heterocycles. The summed E-state index contributed by atoms with van der Waals surface area (Å²) < 4.78 is 0. The normalized spacial score (nSPS) is 15.2. The summed E-state index contributed by atoms with van der Waals surface area (Å²) in [5.41, 5.74) is 1.23. The molecule has 2 aromatic rings. The molecule has 0 N–H and O–H groups in total. The lowest BCUT2D eigenvalue weighted by molar-refractivity contribution is 0.0580. The van der Waals surface area contributed by atoms with Gasteiger partial charge in [-0.2, -0.15) is 0 Å². The number of carbonyl (C=O) groups is 2. The molecule has 0 fully saturated rings. The molecule has 2 amide bonds. The summed E-state index contributed by atoms with van der Waals surface area (Å²) in [6, 6.07) is 9.22. The number of hydrogen-bond acceptors (Lipinski definition) is 3. The van der Waals surface area contributed by atoms with Crippen molar-refractivity contribution < 1.29 is 9.59 Å². The van der Waals surface area contributed by atoms with E-state index in [0.717, 1.165) is 41.4 Å². The largest absolute Gasteiger partial charge is 0.274 e. The summed E-state index contributed by atoms with van der Waals surface area (Å²) in [5, 5.41) is 1.62. The van der Waals surface area contributed by atoms with Crippen molar-refractivity contribution in [2.75, 3.05) is 6.54 Å². The van der Waals surface area contributed by atoms with Crippen LogP contribution in [0.4, 0.5) is 0 Å². The number of carbonyl (C=O) groups excluding carboxylic acids is 2. The van der Waals surface area contributed by atoms with Gasteiger partial charge >= 0.3 is 0 Å². The number of hydrogen-bond donors (Lipinski definition) is 1. The fraction of sp³-hybridized carbons (Fsp3) is 0.400. The molecule has 1 aliphatic rings. The molecular formula is C20H23NO2S. The molecule has 1 atom stereocenters. The summed E-state index contributed by atoms with van der Waals surface area (Å²) in [6.45, 7) is 4.80. The number of nitrogens with zero attached hydrogens (tertiary/aromatic N) is 1. The minimum Gasteiger partial charge on any atom is -0.274 e. The number of rotatable bonds is 6. The molecule has 0 aromatic heterocycles. The Kier molecular flexibility index (Phi) is 4.95. The quantitative estimate of drug-likeness (QED) is 0.597. The first kappa shape index (κ1) is 17.0. The summed E-state index contributed by atoms with van der Waals surface area (Å²) in [5.74, 6) is 0.0155. The van der Waals surface area contributed by atoms with Crippen LogP contribution in [-0.4, -0.2) is 23.3 Å². The van der Waals surface area contributed by atoms with E-state index in [-0.39, 0.29) is 11.8 Å². The summed E-state index contributed by atoms with van der Waals surface area (Å²) in [4.78, 5) is 28.1. The van der Waals surface area contributed by atoms with Crippen LogP contribution in [0.1, 0.15) is 60.2 Å². The van der Waals surface area contributed by atoms with Gasteiger partial charge in [0.2, 0.25) is 0 Å². The topological polar surface area (TPSA) is 37.4 Å². The summed E-state index contributed by atoms with van der Waals surface area (Å²) in [6.07, 6.45) is 4.29. The second-order valence-electron chi connectivity index (χ2n) is 6.50. The molecule has 0 bridgehead atoms. The van der Waals surface area contributed by atoms with Gasteiger partial charge in [-0.1, -0.05) is 45.2 Å². The van der Waals surface area contributed by atoms with Crippen molar-refractivity contribution in [3.05, 3.63) is 41.5 Å². The molecule has 24 heavy (non-hydrogen) atoms. The Labute approximate surface area is 148 Å². The number of imide groups is 1. The van der Waals surface area contributed by atoms with Crippen molar-refractivity contribution >= 4 is 35.2 Å². The molecule has 1 heterocycles. The predicted octanol–water partition coefficient (Wildman–Crippen LogP) is 4.94. The highest BCUT2D eigenvalue weighted by atomic mass is 32.1. The van der Waals surface area contributed by atoms with Crippen LogP contribution < -0.4 is 0 Å². The minimum atomic E-state index is -0.174. The van der Waals surface area contributed by atoms with Crippen LogP contribution in [0.3, 0.4) is 0 Å². The average molecular weight is 341 g/mol. The highest BCUT2D eigenvalue weighted by Crippen LogP contribution is 2.34. The first-order valence-electron chi connectivity index (χ1n) is 8.69. The maximum Gasteiger partial charge on any atom is 0.261 e. The van der Waals surface area contributed by atoms with Gasteiger partial charge in [-0.05, 0) is 35.9 Å². The van der Waals surface area contributed by atoms with E-state index in [1.165, 1.54) is 4.90 Å². The summed E-state index contributed by atoms with van der Waals surface area (Å²) >= 11 is 4.46. The van der Waals surface area contributed by atoms with E-state index in [4.69, 9.17) is 0 Å². The van der Waals surface area contributed by atoms with Gasteiger partial charge in [0.15, 0.2) is 0 Å². The number of unbranched alkanes of at least 4 members (excludes halogenated alkanes) is 1. The van der Waals surface area contributed by atoms with E-state index in [0.29, 0.717) is 23.6 Å². The Morgan fingerprint density at radius 2 is 1.75 bits per heavy atom. The molecular weight excluding hydrogens is 318 g/mol. The van der Waals surface area contributed by atoms with E-state index in [9.17, 15) is 9.59 Å². The van der Waals surface area contributed by atoms with Crippen LogP contribution in [0.5, 0.6) is 0 Å². The fourth-order valence-corrected chi connectivity index (χ4v) is 3.73. The Morgan fingerprint density at radius 1 is 1.04 bits per heavy atom. The third-order valence-electron chi connectivity index (χ3n) is 4.95. The third kappa shape index (κ3) is 2.84. The van der Waals surface area contributed by atoms with Crippen molar-refractivity contribution in [2.45, 2.75) is 44.4 Å². The Morgan fingerprint density at radius 3 is 2.42 bits per heavy atom. The van der Waals surface area contributed by atoms with Crippen LogP contribution in [0, 0.1) is 5.92 Å². The first-order chi connectivity index (χ1) is 11.6. The molecule has 1 aliphatic heterocycles. The van der Waals surface area contributed by atoms with Gasteiger partial charge in [-0.3, -0.25) is 14.5 Å². The third-order valence-corrected chi connectivity index (χ3v) is 5.34. The van der Waals surface area contributed by atoms with Crippen LogP contribution >= 0.6 is 12.6 Å². The van der Waals surface area contributed by atoms with Gasteiger partial charge in [0.05, 0.1) is 0 Å². The zero-order valence-electron chi connectivity index (χ0n) is 14.2. The summed E-state index contributed by atoms with van der Waals surface area (Å²) in [7, 11) is 0. The molecule has 0 aliphatic carbocycles. The lowest BCUT2D eigenvalue weighted by Gasteiger charge is -2.30. The zero-order valence-corrected chi connectivity index (χ0v) is 15.1. The molecule has 0 saturated carbocycles. The number of benzene rings is 2. The lowest BCUT2D eigenvalue weighted by atomic mass is 9.92. The second-order valence-corrected chi connectivity index (χ2v) is 6.98. The van der Waals surface area contributed by atoms with Crippen molar-refractivity contribution in [2.24, 2.45) is 5.92 Å².